The van der Waals surface area contributed by atoms with Gasteiger partial charge in [-0.15, -0.1) is 0 Å². The zero-order valence-corrected chi connectivity index (χ0v) is 11.0. The molecule has 0 aromatic heterocycles. The van der Waals surface area contributed by atoms with Gasteiger partial charge in [-0.3, -0.25) is 0 Å². The number of hydrogen-bond acceptors (Lipinski definition) is 2. The van der Waals surface area contributed by atoms with Gasteiger partial charge >= 0.3 is 0 Å². The Morgan fingerprint density at radius 1 is 1.33 bits per heavy atom. The van der Waals surface area contributed by atoms with E-state index in [0.717, 1.165) is 44.6 Å². The first-order valence-corrected chi connectivity index (χ1v) is 6.85. The number of rotatable bonds is 5. The molecule has 2 rings (SSSR count). The first-order chi connectivity index (χ1) is 8.81. The zero-order chi connectivity index (χ0) is 12.8. The topological polar surface area (TPSA) is 21.3 Å². The maximum atomic E-state index is 13.7. The molecule has 1 atom stereocenters. The number of likely N-dealkylation sites (N-methyl/N-ethyl adjacent to an activating group) is 1. The number of hydrogen-bond donors (Lipinski definition) is 1. The van der Waals surface area contributed by atoms with Gasteiger partial charge in [-0.25, -0.2) is 4.39 Å². The summed E-state index contributed by atoms with van der Waals surface area (Å²) in [6.07, 6.45) is 2.92. The first-order valence-electron chi connectivity index (χ1n) is 6.85. The monoisotopic (exact) mass is 251 g/mol. The van der Waals surface area contributed by atoms with E-state index in [1.54, 1.807) is 12.1 Å². The lowest BCUT2D eigenvalue weighted by Crippen LogP contribution is -2.40. The van der Waals surface area contributed by atoms with Crippen LogP contribution in [0.15, 0.2) is 24.3 Å². The van der Waals surface area contributed by atoms with Crippen molar-refractivity contribution in [3.63, 3.8) is 0 Å². The standard InChI is InChI=1S/C15H22FNO/c1-2-17-15(12-7-9-18-10-8-12)11-13-5-3-4-6-14(13)16/h3-6,12,15,17H,2,7-11H2,1H3. The number of benzene rings is 1. The lowest BCUT2D eigenvalue weighted by molar-refractivity contribution is 0.0539. The summed E-state index contributed by atoms with van der Waals surface area (Å²) in [6, 6.07) is 7.44. The Balaban J connectivity index is 2.03. The van der Waals surface area contributed by atoms with Crippen LogP contribution < -0.4 is 5.32 Å². The average molecular weight is 251 g/mol. The summed E-state index contributed by atoms with van der Waals surface area (Å²) < 4.78 is 19.1. The molecule has 0 radical (unpaired) electrons. The van der Waals surface area contributed by atoms with Crippen LogP contribution in [0.1, 0.15) is 25.3 Å². The van der Waals surface area contributed by atoms with Gasteiger partial charge in [0.25, 0.3) is 0 Å². The molecule has 1 aromatic carbocycles. The summed E-state index contributed by atoms with van der Waals surface area (Å²) in [4.78, 5) is 0. The van der Waals surface area contributed by atoms with Crippen molar-refractivity contribution in [2.45, 2.75) is 32.2 Å². The van der Waals surface area contributed by atoms with Gasteiger partial charge in [-0.05, 0) is 43.4 Å². The lowest BCUT2D eigenvalue weighted by atomic mass is 9.87. The first kappa shape index (κ1) is 13.5. The van der Waals surface area contributed by atoms with Crippen LogP contribution in [0, 0.1) is 11.7 Å². The molecule has 0 spiro atoms. The van der Waals surface area contributed by atoms with E-state index >= 15 is 0 Å². The largest absolute Gasteiger partial charge is 0.381 e. The predicted octanol–water partition coefficient (Wildman–Crippen LogP) is 2.77. The van der Waals surface area contributed by atoms with Crippen molar-refractivity contribution in [2.75, 3.05) is 19.8 Å². The second-order valence-electron chi connectivity index (χ2n) is 4.91. The molecule has 1 unspecified atom stereocenters. The van der Waals surface area contributed by atoms with E-state index < -0.39 is 0 Å². The van der Waals surface area contributed by atoms with Crippen LogP contribution in [0.25, 0.3) is 0 Å². The van der Waals surface area contributed by atoms with Crippen LogP contribution in [0.5, 0.6) is 0 Å². The zero-order valence-electron chi connectivity index (χ0n) is 11.0. The number of nitrogens with one attached hydrogen (secondary N) is 1. The minimum atomic E-state index is -0.0903. The van der Waals surface area contributed by atoms with Crippen molar-refractivity contribution in [3.05, 3.63) is 35.6 Å². The molecule has 1 aromatic rings. The van der Waals surface area contributed by atoms with Crippen LogP contribution in [0.2, 0.25) is 0 Å². The van der Waals surface area contributed by atoms with Crippen molar-refractivity contribution in [1.82, 2.24) is 5.32 Å². The maximum absolute atomic E-state index is 13.7. The van der Waals surface area contributed by atoms with Gasteiger partial charge in [0.2, 0.25) is 0 Å². The summed E-state index contributed by atoms with van der Waals surface area (Å²) >= 11 is 0. The van der Waals surface area contributed by atoms with Crippen molar-refractivity contribution in [1.29, 1.82) is 0 Å². The Labute approximate surface area is 109 Å². The average Bonchev–Trinajstić information content (AvgIpc) is 2.42. The second kappa shape index (κ2) is 6.86. The lowest BCUT2D eigenvalue weighted by Gasteiger charge is -2.31. The highest BCUT2D eigenvalue weighted by Crippen LogP contribution is 2.22. The van der Waals surface area contributed by atoms with E-state index in [-0.39, 0.29) is 5.82 Å². The minimum Gasteiger partial charge on any atom is -0.381 e. The molecule has 1 aliphatic rings. The summed E-state index contributed by atoms with van der Waals surface area (Å²) in [5.41, 5.74) is 0.815. The molecular formula is C15H22FNO. The fourth-order valence-electron chi connectivity index (χ4n) is 2.69. The number of halogens is 1. The molecule has 100 valence electrons. The second-order valence-corrected chi connectivity index (χ2v) is 4.91. The third-order valence-electron chi connectivity index (χ3n) is 3.70. The molecule has 2 nitrogen and oxygen atoms in total. The van der Waals surface area contributed by atoms with Gasteiger partial charge in [0, 0.05) is 19.3 Å². The normalized spacial score (nSPS) is 18.8. The summed E-state index contributed by atoms with van der Waals surface area (Å²) in [7, 11) is 0. The molecule has 18 heavy (non-hydrogen) atoms. The Hall–Kier alpha value is -0.930. The highest BCUT2D eigenvalue weighted by atomic mass is 19.1. The molecular weight excluding hydrogens is 229 g/mol. The molecule has 1 saturated heterocycles. The Morgan fingerprint density at radius 2 is 2.06 bits per heavy atom. The van der Waals surface area contributed by atoms with E-state index in [1.165, 1.54) is 0 Å². The quantitative estimate of drug-likeness (QED) is 0.869. The fourth-order valence-corrected chi connectivity index (χ4v) is 2.69. The van der Waals surface area contributed by atoms with Gasteiger partial charge in [0.1, 0.15) is 5.82 Å². The van der Waals surface area contributed by atoms with E-state index in [1.807, 2.05) is 12.1 Å². The van der Waals surface area contributed by atoms with Crippen LogP contribution in [-0.4, -0.2) is 25.8 Å². The molecule has 0 amide bonds. The van der Waals surface area contributed by atoms with Crippen LogP contribution >= 0.6 is 0 Å². The Kier molecular flexibility index (Phi) is 5.14. The molecule has 0 aliphatic carbocycles. The molecule has 1 N–H and O–H groups in total. The summed E-state index contributed by atoms with van der Waals surface area (Å²) in [6.45, 7) is 4.71. The van der Waals surface area contributed by atoms with Crippen molar-refractivity contribution >= 4 is 0 Å². The molecule has 0 bridgehead atoms. The van der Waals surface area contributed by atoms with E-state index in [0.29, 0.717) is 12.0 Å². The van der Waals surface area contributed by atoms with Crippen LogP contribution in [0.4, 0.5) is 4.39 Å². The van der Waals surface area contributed by atoms with Gasteiger partial charge in [-0.2, -0.15) is 0 Å². The molecule has 1 fully saturated rings. The Bertz CT molecular complexity index is 363. The maximum Gasteiger partial charge on any atom is 0.126 e. The summed E-state index contributed by atoms with van der Waals surface area (Å²) in [5.74, 6) is 0.505. The van der Waals surface area contributed by atoms with Gasteiger partial charge in [-0.1, -0.05) is 25.1 Å². The third-order valence-corrected chi connectivity index (χ3v) is 3.70. The van der Waals surface area contributed by atoms with E-state index in [2.05, 4.69) is 12.2 Å². The van der Waals surface area contributed by atoms with E-state index in [9.17, 15) is 4.39 Å². The van der Waals surface area contributed by atoms with Gasteiger partial charge in [0.05, 0.1) is 0 Å². The minimum absolute atomic E-state index is 0.0903. The van der Waals surface area contributed by atoms with E-state index in [4.69, 9.17) is 4.74 Å². The van der Waals surface area contributed by atoms with Crippen molar-refractivity contribution < 1.29 is 9.13 Å². The van der Waals surface area contributed by atoms with Crippen molar-refractivity contribution in [3.8, 4) is 0 Å². The SMILES string of the molecule is CCNC(Cc1ccccc1F)C1CCOCC1. The predicted molar refractivity (Wildman–Crippen MR) is 71.1 cm³/mol. The van der Waals surface area contributed by atoms with Crippen LogP contribution in [0.3, 0.4) is 0 Å². The third kappa shape index (κ3) is 3.53. The highest BCUT2D eigenvalue weighted by molar-refractivity contribution is 5.18. The molecule has 1 heterocycles. The van der Waals surface area contributed by atoms with Gasteiger partial charge in [0.15, 0.2) is 0 Å². The van der Waals surface area contributed by atoms with Gasteiger partial charge < -0.3 is 10.1 Å². The number of ether oxygens (including phenoxy) is 1. The smallest absolute Gasteiger partial charge is 0.126 e. The highest BCUT2D eigenvalue weighted by Gasteiger charge is 2.24. The van der Waals surface area contributed by atoms with Crippen molar-refractivity contribution in [2.24, 2.45) is 5.92 Å². The Morgan fingerprint density at radius 3 is 2.72 bits per heavy atom. The molecule has 0 saturated carbocycles. The fraction of sp³-hybridized carbons (Fsp3) is 0.600. The summed E-state index contributed by atoms with van der Waals surface area (Å²) in [5, 5.41) is 3.51. The van der Waals surface area contributed by atoms with Crippen LogP contribution in [-0.2, 0) is 11.2 Å². The molecule has 3 heteroatoms. The molecule has 1 aliphatic heterocycles.